The Balaban J connectivity index is 3.09. The number of carbonyl (C=O) groups is 1. The van der Waals surface area contributed by atoms with Gasteiger partial charge in [-0.2, -0.15) is 4.72 Å². The van der Waals surface area contributed by atoms with Crippen molar-refractivity contribution in [3.05, 3.63) is 23.5 Å². The third-order valence-electron chi connectivity index (χ3n) is 2.04. The highest BCUT2D eigenvalue weighted by Crippen LogP contribution is 2.18. The van der Waals surface area contributed by atoms with Crippen LogP contribution in [0.25, 0.3) is 0 Å². The maximum atomic E-state index is 11.9. The zero-order valence-corrected chi connectivity index (χ0v) is 10.8. The molecule has 0 unspecified atom stereocenters. The Labute approximate surface area is 108 Å². The minimum absolute atomic E-state index is 0.278. The van der Waals surface area contributed by atoms with Crippen molar-refractivity contribution in [3.8, 4) is 0 Å². The number of carboxylic acid groups (broad SMARTS) is 1. The molecule has 0 bridgehead atoms. The summed E-state index contributed by atoms with van der Waals surface area (Å²) in [5, 5.41) is 17.7. The molecule has 7 nitrogen and oxygen atoms in total. The molecule has 0 aliphatic carbocycles. The first-order chi connectivity index (χ1) is 8.25. The van der Waals surface area contributed by atoms with Gasteiger partial charge in [0.05, 0.1) is 6.10 Å². The van der Waals surface area contributed by atoms with Crippen molar-refractivity contribution in [2.45, 2.75) is 24.0 Å². The SMILES string of the molecule is C[C@@H](O)[C@H](NS(=O)(=O)c1cccnc1Cl)C(=O)O. The lowest BCUT2D eigenvalue weighted by Gasteiger charge is -2.17. The van der Waals surface area contributed by atoms with Gasteiger partial charge in [-0.25, -0.2) is 13.4 Å². The van der Waals surface area contributed by atoms with Crippen LogP contribution in [0.1, 0.15) is 6.92 Å². The number of hydrogen-bond acceptors (Lipinski definition) is 5. The van der Waals surface area contributed by atoms with Crippen LogP contribution in [0.4, 0.5) is 0 Å². The van der Waals surface area contributed by atoms with E-state index in [4.69, 9.17) is 16.7 Å². The second-order valence-corrected chi connectivity index (χ2v) is 5.51. The molecule has 100 valence electrons. The maximum Gasteiger partial charge on any atom is 0.324 e. The number of aliphatic hydroxyl groups is 1. The van der Waals surface area contributed by atoms with Gasteiger partial charge >= 0.3 is 5.97 Å². The Morgan fingerprint density at radius 3 is 2.61 bits per heavy atom. The summed E-state index contributed by atoms with van der Waals surface area (Å²) in [7, 11) is -4.17. The lowest BCUT2D eigenvalue weighted by molar-refractivity contribution is -0.141. The number of halogens is 1. The van der Waals surface area contributed by atoms with Crippen LogP contribution in [-0.4, -0.2) is 41.7 Å². The molecule has 1 aromatic rings. The molecule has 0 fully saturated rings. The topological polar surface area (TPSA) is 117 Å². The fourth-order valence-electron chi connectivity index (χ4n) is 1.16. The first-order valence-corrected chi connectivity index (χ1v) is 6.65. The van der Waals surface area contributed by atoms with E-state index >= 15 is 0 Å². The third-order valence-corrected chi connectivity index (χ3v) is 3.93. The molecule has 18 heavy (non-hydrogen) atoms. The summed E-state index contributed by atoms with van der Waals surface area (Å²) >= 11 is 5.61. The number of nitrogens with zero attached hydrogens (tertiary/aromatic N) is 1. The minimum atomic E-state index is -4.17. The molecule has 2 atom stereocenters. The van der Waals surface area contributed by atoms with Crippen molar-refractivity contribution in [2.75, 3.05) is 0 Å². The summed E-state index contributed by atoms with van der Waals surface area (Å²) in [6, 6.07) is 0.864. The van der Waals surface area contributed by atoms with E-state index in [9.17, 15) is 18.3 Å². The molecular weight excluding hydrogens is 284 g/mol. The molecule has 0 saturated heterocycles. The molecule has 0 aromatic carbocycles. The lowest BCUT2D eigenvalue weighted by atomic mass is 10.2. The normalized spacial score (nSPS) is 15.1. The van der Waals surface area contributed by atoms with Crippen molar-refractivity contribution in [2.24, 2.45) is 0 Å². The van der Waals surface area contributed by atoms with E-state index in [-0.39, 0.29) is 10.0 Å². The number of carboxylic acids is 1. The van der Waals surface area contributed by atoms with Crippen molar-refractivity contribution < 1.29 is 23.4 Å². The van der Waals surface area contributed by atoms with Crippen LogP contribution < -0.4 is 4.72 Å². The van der Waals surface area contributed by atoms with Crippen LogP contribution >= 0.6 is 11.6 Å². The van der Waals surface area contributed by atoms with E-state index in [2.05, 4.69) is 4.98 Å². The second-order valence-electron chi connectivity index (χ2n) is 3.47. The van der Waals surface area contributed by atoms with E-state index in [0.29, 0.717) is 0 Å². The number of hydrogen-bond donors (Lipinski definition) is 3. The van der Waals surface area contributed by atoms with Crippen molar-refractivity contribution >= 4 is 27.6 Å². The predicted octanol–water partition coefficient (Wildman–Crippen LogP) is -0.153. The molecule has 3 N–H and O–H groups in total. The Morgan fingerprint density at radius 1 is 1.56 bits per heavy atom. The Morgan fingerprint density at radius 2 is 2.17 bits per heavy atom. The molecule has 9 heteroatoms. The van der Waals surface area contributed by atoms with Gasteiger partial charge in [0.25, 0.3) is 0 Å². The Kier molecular flexibility index (Phi) is 4.63. The van der Waals surface area contributed by atoms with Gasteiger partial charge in [-0.15, -0.1) is 0 Å². The number of nitrogens with one attached hydrogen (secondary N) is 1. The zero-order chi connectivity index (χ0) is 13.9. The molecule has 0 radical (unpaired) electrons. The van der Waals surface area contributed by atoms with Gasteiger partial charge in [-0.1, -0.05) is 11.6 Å². The molecule has 1 heterocycles. The average Bonchev–Trinajstić information content (AvgIpc) is 2.25. The summed E-state index contributed by atoms with van der Waals surface area (Å²) < 4.78 is 25.6. The average molecular weight is 295 g/mol. The van der Waals surface area contributed by atoms with Crippen LogP contribution in [0.15, 0.2) is 23.2 Å². The zero-order valence-electron chi connectivity index (χ0n) is 9.24. The molecular formula is C9H11ClN2O5S. The van der Waals surface area contributed by atoms with Crippen LogP contribution in [0.5, 0.6) is 0 Å². The number of aromatic nitrogens is 1. The van der Waals surface area contributed by atoms with Gasteiger partial charge in [-0.05, 0) is 19.1 Å². The molecule has 1 aromatic heterocycles. The van der Waals surface area contributed by atoms with Crippen molar-refractivity contribution in [3.63, 3.8) is 0 Å². The van der Waals surface area contributed by atoms with Gasteiger partial charge in [0.2, 0.25) is 10.0 Å². The van der Waals surface area contributed by atoms with Gasteiger partial charge in [0, 0.05) is 6.20 Å². The van der Waals surface area contributed by atoms with Gasteiger partial charge < -0.3 is 10.2 Å². The first kappa shape index (κ1) is 14.8. The summed E-state index contributed by atoms with van der Waals surface area (Å²) in [4.78, 5) is 14.0. The van der Waals surface area contributed by atoms with Crippen LogP contribution in [0.2, 0.25) is 5.15 Å². The van der Waals surface area contributed by atoms with Crippen LogP contribution in [0.3, 0.4) is 0 Å². The lowest BCUT2D eigenvalue weighted by Crippen LogP contribution is -2.47. The molecule has 0 saturated carbocycles. The predicted molar refractivity (Wildman–Crippen MR) is 62.7 cm³/mol. The number of rotatable bonds is 5. The van der Waals surface area contributed by atoms with Gasteiger partial charge in [0.1, 0.15) is 16.1 Å². The quantitative estimate of drug-likeness (QED) is 0.650. The molecule has 0 aliphatic rings. The van der Waals surface area contributed by atoms with E-state index < -0.39 is 28.1 Å². The van der Waals surface area contributed by atoms with E-state index in [0.717, 1.165) is 6.92 Å². The van der Waals surface area contributed by atoms with Crippen molar-refractivity contribution in [1.82, 2.24) is 9.71 Å². The Bertz CT molecular complexity index is 546. The number of sulfonamides is 1. The highest BCUT2D eigenvalue weighted by molar-refractivity contribution is 7.89. The van der Waals surface area contributed by atoms with E-state index in [1.807, 2.05) is 4.72 Å². The highest BCUT2D eigenvalue weighted by atomic mass is 35.5. The monoisotopic (exact) mass is 294 g/mol. The Hall–Kier alpha value is -1.22. The first-order valence-electron chi connectivity index (χ1n) is 4.79. The van der Waals surface area contributed by atoms with Crippen molar-refractivity contribution in [1.29, 1.82) is 0 Å². The summed E-state index contributed by atoms with van der Waals surface area (Å²) in [5.41, 5.74) is 0. The number of aliphatic carboxylic acids is 1. The minimum Gasteiger partial charge on any atom is -0.480 e. The highest BCUT2D eigenvalue weighted by Gasteiger charge is 2.30. The van der Waals surface area contributed by atoms with Gasteiger partial charge in [-0.3, -0.25) is 4.79 Å². The second kappa shape index (κ2) is 5.61. The van der Waals surface area contributed by atoms with Crippen LogP contribution in [0, 0.1) is 0 Å². The third kappa shape index (κ3) is 3.39. The maximum absolute atomic E-state index is 11.9. The van der Waals surface area contributed by atoms with E-state index in [1.165, 1.54) is 18.3 Å². The molecule has 1 rings (SSSR count). The number of aliphatic hydroxyl groups excluding tert-OH is 1. The van der Waals surface area contributed by atoms with Gasteiger partial charge in [0.15, 0.2) is 0 Å². The summed E-state index contributed by atoms with van der Waals surface area (Å²) in [6.45, 7) is 1.16. The molecule has 0 aliphatic heterocycles. The summed E-state index contributed by atoms with van der Waals surface area (Å²) in [6.07, 6.45) is -0.0993. The fourth-order valence-corrected chi connectivity index (χ4v) is 2.87. The molecule has 0 spiro atoms. The standard InChI is InChI=1S/C9H11ClN2O5S/c1-5(13)7(9(14)15)12-18(16,17)6-3-2-4-11-8(6)10/h2-5,7,12-13H,1H3,(H,14,15)/t5-,7+/m1/s1. The van der Waals surface area contributed by atoms with E-state index in [1.54, 1.807) is 0 Å². The summed E-state index contributed by atoms with van der Waals surface area (Å²) in [5.74, 6) is -1.49. The largest absolute Gasteiger partial charge is 0.480 e. The molecule has 0 amide bonds. The van der Waals surface area contributed by atoms with Crippen LogP contribution in [-0.2, 0) is 14.8 Å². The number of pyridine rings is 1. The fraction of sp³-hybridized carbons (Fsp3) is 0.333. The smallest absolute Gasteiger partial charge is 0.324 e.